The third-order valence-corrected chi connectivity index (χ3v) is 3.07. The molecule has 0 aliphatic carbocycles. The van der Waals surface area contributed by atoms with E-state index in [0.29, 0.717) is 19.8 Å². The fraction of sp³-hybridized carbons (Fsp3) is 0.538. The summed E-state index contributed by atoms with van der Waals surface area (Å²) in [6.45, 7) is 4.54. The van der Waals surface area contributed by atoms with Gasteiger partial charge >= 0.3 is 5.97 Å². The van der Waals surface area contributed by atoms with E-state index in [1.165, 1.54) is 0 Å². The quantitative estimate of drug-likeness (QED) is 0.866. The van der Waals surface area contributed by atoms with Gasteiger partial charge in [-0.05, 0) is 19.1 Å². The molecule has 1 aromatic heterocycles. The van der Waals surface area contributed by atoms with Crippen LogP contribution in [0.4, 0.5) is 0 Å². The number of rotatable bonds is 4. The highest BCUT2D eigenvalue weighted by Crippen LogP contribution is 2.14. The van der Waals surface area contributed by atoms with E-state index in [4.69, 9.17) is 9.84 Å². The van der Waals surface area contributed by atoms with Crippen LogP contribution in [0.3, 0.4) is 0 Å². The van der Waals surface area contributed by atoms with Crippen LogP contribution in [0.15, 0.2) is 18.2 Å². The summed E-state index contributed by atoms with van der Waals surface area (Å²) in [6, 6.07) is 5.85. The maximum atomic E-state index is 10.8. The molecule has 0 amide bonds. The first kappa shape index (κ1) is 13.0. The Kier molecular flexibility index (Phi) is 4.28. The summed E-state index contributed by atoms with van der Waals surface area (Å²) < 4.78 is 5.35. The number of hydrogen-bond donors (Lipinski definition) is 1. The average molecular weight is 250 g/mol. The van der Waals surface area contributed by atoms with Crippen molar-refractivity contribution in [2.45, 2.75) is 25.9 Å². The van der Waals surface area contributed by atoms with Gasteiger partial charge in [-0.15, -0.1) is 0 Å². The first-order valence-corrected chi connectivity index (χ1v) is 6.11. The van der Waals surface area contributed by atoms with Crippen LogP contribution in [-0.2, 0) is 16.1 Å². The van der Waals surface area contributed by atoms with Gasteiger partial charge in [0.1, 0.15) is 0 Å². The highest BCUT2D eigenvalue weighted by molar-refractivity contribution is 5.67. The van der Waals surface area contributed by atoms with Gasteiger partial charge in [-0.25, -0.2) is 0 Å². The Hall–Kier alpha value is -1.46. The van der Waals surface area contributed by atoms with E-state index < -0.39 is 5.97 Å². The molecule has 0 unspecified atom stereocenters. The highest BCUT2D eigenvalue weighted by Gasteiger charge is 2.25. The number of hydrogen-bond acceptors (Lipinski definition) is 4. The number of aliphatic carboxylic acids is 1. The van der Waals surface area contributed by atoms with Crippen molar-refractivity contribution in [3.8, 4) is 0 Å². The predicted octanol–water partition coefficient (Wildman–Crippen LogP) is 1.07. The summed E-state index contributed by atoms with van der Waals surface area (Å²) in [5.74, 6) is -0.785. The van der Waals surface area contributed by atoms with E-state index >= 15 is 0 Å². The molecule has 2 heterocycles. The zero-order valence-electron chi connectivity index (χ0n) is 10.5. The molecule has 0 bridgehead atoms. The van der Waals surface area contributed by atoms with Crippen molar-refractivity contribution in [3.63, 3.8) is 0 Å². The summed E-state index contributed by atoms with van der Waals surface area (Å²) in [4.78, 5) is 17.4. The Balaban J connectivity index is 2.03. The van der Waals surface area contributed by atoms with Gasteiger partial charge in [0.2, 0.25) is 0 Å². The molecule has 5 heteroatoms. The number of ether oxygens (including phenoxy) is 1. The van der Waals surface area contributed by atoms with Gasteiger partial charge in [0, 0.05) is 24.8 Å². The lowest BCUT2D eigenvalue weighted by Gasteiger charge is -2.34. The second-order valence-corrected chi connectivity index (χ2v) is 4.57. The first-order valence-electron chi connectivity index (χ1n) is 6.11. The molecule has 0 saturated carbocycles. The van der Waals surface area contributed by atoms with Gasteiger partial charge in [-0.3, -0.25) is 14.7 Å². The average Bonchev–Trinajstić information content (AvgIpc) is 2.31. The Bertz CT molecular complexity index is 422. The second kappa shape index (κ2) is 5.93. The molecule has 1 atom stereocenters. The number of aromatic nitrogens is 1. The Morgan fingerprint density at radius 1 is 1.61 bits per heavy atom. The van der Waals surface area contributed by atoms with Crippen LogP contribution < -0.4 is 0 Å². The second-order valence-electron chi connectivity index (χ2n) is 4.57. The van der Waals surface area contributed by atoms with Gasteiger partial charge in [-0.2, -0.15) is 0 Å². The van der Waals surface area contributed by atoms with Crippen molar-refractivity contribution in [1.29, 1.82) is 0 Å². The standard InChI is InChI=1S/C13H18N2O3/c1-10-3-2-4-11(14-10)8-15-5-6-18-9-12(15)7-13(16)17/h2-4,12H,5-9H2,1H3,(H,16,17)/t12-/m0/s1. The molecular weight excluding hydrogens is 232 g/mol. The molecule has 1 aliphatic rings. The van der Waals surface area contributed by atoms with E-state index in [-0.39, 0.29) is 12.5 Å². The summed E-state index contributed by atoms with van der Waals surface area (Å²) >= 11 is 0. The fourth-order valence-corrected chi connectivity index (χ4v) is 2.18. The molecular formula is C13H18N2O3. The van der Waals surface area contributed by atoms with Gasteiger partial charge in [0.25, 0.3) is 0 Å². The molecule has 0 aromatic carbocycles. The number of morpholine rings is 1. The number of nitrogens with zero attached hydrogens (tertiary/aromatic N) is 2. The van der Waals surface area contributed by atoms with Crippen LogP contribution in [0.5, 0.6) is 0 Å². The van der Waals surface area contributed by atoms with E-state index in [1.807, 2.05) is 25.1 Å². The summed E-state index contributed by atoms with van der Waals surface area (Å²) in [6.07, 6.45) is 0.117. The summed E-state index contributed by atoms with van der Waals surface area (Å²) in [7, 11) is 0. The molecule has 1 fully saturated rings. The lowest BCUT2D eigenvalue weighted by atomic mass is 10.1. The Morgan fingerprint density at radius 2 is 2.44 bits per heavy atom. The lowest BCUT2D eigenvalue weighted by Crippen LogP contribution is -2.46. The number of aryl methyl sites for hydroxylation is 1. The monoisotopic (exact) mass is 250 g/mol. The Labute approximate surface area is 106 Å². The topological polar surface area (TPSA) is 62.7 Å². The van der Waals surface area contributed by atoms with E-state index in [0.717, 1.165) is 17.9 Å². The van der Waals surface area contributed by atoms with Crippen molar-refractivity contribution in [2.24, 2.45) is 0 Å². The van der Waals surface area contributed by atoms with Crippen LogP contribution in [0.1, 0.15) is 17.8 Å². The van der Waals surface area contributed by atoms with Crippen LogP contribution in [0, 0.1) is 6.92 Å². The third kappa shape index (κ3) is 3.51. The number of pyridine rings is 1. The lowest BCUT2D eigenvalue weighted by molar-refractivity contribution is -0.140. The van der Waals surface area contributed by atoms with Crippen molar-refractivity contribution >= 4 is 5.97 Å². The van der Waals surface area contributed by atoms with Gasteiger partial charge in [-0.1, -0.05) is 6.07 Å². The smallest absolute Gasteiger partial charge is 0.305 e. The van der Waals surface area contributed by atoms with Crippen molar-refractivity contribution < 1.29 is 14.6 Å². The Morgan fingerprint density at radius 3 is 3.17 bits per heavy atom. The largest absolute Gasteiger partial charge is 0.481 e. The fourth-order valence-electron chi connectivity index (χ4n) is 2.18. The molecule has 5 nitrogen and oxygen atoms in total. The normalized spacial score (nSPS) is 20.8. The van der Waals surface area contributed by atoms with Crippen molar-refractivity contribution in [1.82, 2.24) is 9.88 Å². The molecule has 1 saturated heterocycles. The number of carboxylic acids is 1. The zero-order valence-corrected chi connectivity index (χ0v) is 10.5. The van der Waals surface area contributed by atoms with Crippen molar-refractivity contribution in [2.75, 3.05) is 19.8 Å². The minimum atomic E-state index is -0.785. The van der Waals surface area contributed by atoms with E-state index in [1.54, 1.807) is 0 Å². The molecule has 1 aliphatic heterocycles. The van der Waals surface area contributed by atoms with Crippen LogP contribution in [0.2, 0.25) is 0 Å². The summed E-state index contributed by atoms with van der Waals surface area (Å²) in [5, 5.41) is 8.90. The van der Waals surface area contributed by atoms with E-state index in [2.05, 4.69) is 9.88 Å². The number of carbonyl (C=O) groups is 1. The molecule has 18 heavy (non-hydrogen) atoms. The van der Waals surface area contributed by atoms with Crippen LogP contribution >= 0.6 is 0 Å². The van der Waals surface area contributed by atoms with Crippen LogP contribution in [-0.4, -0.2) is 46.8 Å². The van der Waals surface area contributed by atoms with Gasteiger partial charge in [0.15, 0.2) is 0 Å². The van der Waals surface area contributed by atoms with Gasteiger partial charge in [0.05, 0.1) is 25.3 Å². The maximum absolute atomic E-state index is 10.8. The third-order valence-electron chi connectivity index (χ3n) is 3.07. The highest BCUT2D eigenvalue weighted by atomic mass is 16.5. The molecule has 98 valence electrons. The molecule has 1 N–H and O–H groups in total. The maximum Gasteiger partial charge on any atom is 0.305 e. The number of carboxylic acid groups (broad SMARTS) is 1. The molecule has 1 aromatic rings. The minimum Gasteiger partial charge on any atom is -0.481 e. The van der Waals surface area contributed by atoms with Crippen LogP contribution in [0.25, 0.3) is 0 Å². The summed E-state index contributed by atoms with van der Waals surface area (Å²) in [5.41, 5.74) is 1.96. The van der Waals surface area contributed by atoms with Gasteiger partial charge < -0.3 is 9.84 Å². The molecule has 0 spiro atoms. The van der Waals surface area contributed by atoms with E-state index in [9.17, 15) is 4.79 Å². The first-order chi connectivity index (χ1) is 8.65. The minimum absolute atomic E-state index is 0.0569. The molecule has 0 radical (unpaired) electrons. The predicted molar refractivity (Wildman–Crippen MR) is 66.2 cm³/mol. The van der Waals surface area contributed by atoms with Crippen molar-refractivity contribution in [3.05, 3.63) is 29.6 Å². The SMILES string of the molecule is Cc1cccc(CN2CCOC[C@@H]2CC(=O)O)n1. The molecule has 2 rings (SSSR count). The zero-order chi connectivity index (χ0) is 13.0.